The molecule has 0 bridgehead atoms. The molecule has 0 radical (unpaired) electrons. The molecular formula is C19H14F3NO4. The molecule has 0 aliphatic heterocycles. The Morgan fingerprint density at radius 3 is 2.41 bits per heavy atom. The summed E-state index contributed by atoms with van der Waals surface area (Å²) in [6, 6.07) is 5.46. The molecule has 5 nitrogen and oxygen atoms in total. The first-order valence-corrected chi connectivity index (χ1v) is 7.90. The maximum Gasteiger partial charge on any atom is 0.310 e. The second-order valence-electron chi connectivity index (χ2n) is 6.13. The normalized spacial score (nSPS) is 12.3. The fraction of sp³-hybridized carbons (Fsp3) is 0.158. The SMILES string of the molecule is Cc1c(C(C)C(=O)O)c2c(F)c(O)c(F)cc2n1C(=O)c1cccc(F)c1. The van der Waals surface area contributed by atoms with Crippen LogP contribution < -0.4 is 0 Å². The molecule has 2 N–H and O–H groups in total. The second-order valence-corrected chi connectivity index (χ2v) is 6.13. The summed E-state index contributed by atoms with van der Waals surface area (Å²) < 4.78 is 42.9. The Bertz CT molecular complexity index is 1100. The summed E-state index contributed by atoms with van der Waals surface area (Å²) in [4.78, 5) is 24.3. The molecule has 0 aliphatic rings. The number of halogens is 3. The van der Waals surface area contributed by atoms with Gasteiger partial charge in [-0.15, -0.1) is 0 Å². The molecule has 0 spiro atoms. The van der Waals surface area contributed by atoms with Gasteiger partial charge >= 0.3 is 5.97 Å². The van der Waals surface area contributed by atoms with Crippen LogP contribution in [0.2, 0.25) is 0 Å². The van der Waals surface area contributed by atoms with Gasteiger partial charge in [0.15, 0.2) is 17.4 Å². The number of nitrogens with zero attached hydrogens (tertiary/aromatic N) is 1. The number of carbonyl (C=O) groups excluding carboxylic acids is 1. The number of carboxylic acid groups (broad SMARTS) is 1. The number of aliphatic carboxylic acids is 1. The van der Waals surface area contributed by atoms with Crippen molar-refractivity contribution in [3.63, 3.8) is 0 Å². The Hall–Kier alpha value is -3.29. The molecule has 1 heterocycles. The van der Waals surface area contributed by atoms with E-state index in [1.165, 1.54) is 26.0 Å². The highest BCUT2D eigenvalue weighted by Gasteiger charge is 2.30. The van der Waals surface area contributed by atoms with Crippen LogP contribution in [0.25, 0.3) is 10.9 Å². The average Bonchev–Trinajstić information content (AvgIpc) is 2.90. The molecule has 0 saturated carbocycles. The van der Waals surface area contributed by atoms with Crippen molar-refractivity contribution in [2.75, 3.05) is 0 Å². The van der Waals surface area contributed by atoms with Crippen LogP contribution in [0.15, 0.2) is 30.3 Å². The van der Waals surface area contributed by atoms with Gasteiger partial charge in [-0.05, 0) is 37.6 Å². The van der Waals surface area contributed by atoms with Crippen molar-refractivity contribution in [2.24, 2.45) is 0 Å². The third-order valence-electron chi connectivity index (χ3n) is 4.49. The van der Waals surface area contributed by atoms with Gasteiger partial charge in [0.25, 0.3) is 5.91 Å². The zero-order chi connectivity index (χ0) is 20.0. The third-order valence-corrected chi connectivity index (χ3v) is 4.49. The van der Waals surface area contributed by atoms with Crippen LogP contribution >= 0.6 is 0 Å². The number of benzene rings is 2. The van der Waals surface area contributed by atoms with Gasteiger partial charge in [0, 0.05) is 22.7 Å². The zero-order valence-electron chi connectivity index (χ0n) is 14.3. The molecule has 0 saturated heterocycles. The number of aromatic nitrogens is 1. The van der Waals surface area contributed by atoms with Gasteiger partial charge in [-0.25, -0.2) is 13.2 Å². The van der Waals surface area contributed by atoms with Gasteiger partial charge in [-0.3, -0.25) is 14.2 Å². The van der Waals surface area contributed by atoms with Crippen molar-refractivity contribution in [3.8, 4) is 5.75 Å². The smallest absolute Gasteiger partial charge is 0.310 e. The molecule has 1 aromatic heterocycles. The minimum absolute atomic E-state index is 0.0538. The van der Waals surface area contributed by atoms with Gasteiger partial charge in [0.2, 0.25) is 0 Å². The fourth-order valence-corrected chi connectivity index (χ4v) is 3.18. The van der Waals surface area contributed by atoms with Crippen LogP contribution in [0.4, 0.5) is 13.2 Å². The molecule has 0 amide bonds. The van der Waals surface area contributed by atoms with Crippen molar-refractivity contribution in [1.82, 2.24) is 4.57 Å². The van der Waals surface area contributed by atoms with Crippen molar-refractivity contribution in [3.05, 3.63) is 64.6 Å². The molecular weight excluding hydrogens is 363 g/mol. The number of phenols is 1. The lowest BCUT2D eigenvalue weighted by Crippen LogP contribution is -2.15. The molecule has 0 fully saturated rings. The predicted molar refractivity (Wildman–Crippen MR) is 90.4 cm³/mol. The van der Waals surface area contributed by atoms with E-state index in [1.54, 1.807) is 0 Å². The van der Waals surface area contributed by atoms with Crippen LogP contribution in [0, 0.1) is 24.4 Å². The first kappa shape index (κ1) is 18.5. The van der Waals surface area contributed by atoms with E-state index in [1.807, 2.05) is 0 Å². The highest BCUT2D eigenvalue weighted by molar-refractivity contribution is 6.05. The highest BCUT2D eigenvalue weighted by atomic mass is 19.1. The summed E-state index contributed by atoms with van der Waals surface area (Å²) in [6.45, 7) is 2.65. The van der Waals surface area contributed by atoms with E-state index in [0.717, 1.165) is 22.8 Å². The summed E-state index contributed by atoms with van der Waals surface area (Å²) in [5.41, 5.74) is -0.357. The van der Waals surface area contributed by atoms with Crippen LogP contribution in [0.3, 0.4) is 0 Å². The third kappa shape index (κ3) is 2.83. The molecule has 8 heteroatoms. The number of rotatable bonds is 3. The lowest BCUT2D eigenvalue weighted by Gasteiger charge is -2.09. The maximum absolute atomic E-state index is 14.6. The molecule has 27 heavy (non-hydrogen) atoms. The lowest BCUT2D eigenvalue weighted by atomic mass is 9.97. The first-order valence-electron chi connectivity index (χ1n) is 7.90. The van der Waals surface area contributed by atoms with Crippen LogP contribution in [-0.2, 0) is 4.79 Å². The van der Waals surface area contributed by atoms with Gasteiger partial charge in [-0.1, -0.05) is 6.07 Å². The van der Waals surface area contributed by atoms with E-state index in [0.29, 0.717) is 0 Å². The second kappa shape index (κ2) is 6.46. The Balaban J connectivity index is 2.41. The molecule has 0 aliphatic carbocycles. The van der Waals surface area contributed by atoms with Crippen LogP contribution in [-0.4, -0.2) is 26.7 Å². The van der Waals surface area contributed by atoms with Gasteiger partial charge in [-0.2, -0.15) is 0 Å². The quantitative estimate of drug-likeness (QED) is 0.724. The first-order chi connectivity index (χ1) is 12.6. The van der Waals surface area contributed by atoms with Crippen LogP contribution in [0.5, 0.6) is 5.75 Å². The summed E-state index contributed by atoms with van der Waals surface area (Å²) in [7, 11) is 0. The van der Waals surface area contributed by atoms with Gasteiger partial charge in [0.05, 0.1) is 11.4 Å². The number of hydrogen-bond acceptors (Lipinski definition) is 3. The summed E-state index contributed by atoms with van der Waals surface area (Å²) in [5, 5.41) is 18.6. The van der Waals surface area contributed by atoms with E-state index in [2.05, 4.69) is 0 Å². The molecule has 2 aromatic carbocycles. The zero-order valence-corrected chi connectivity index (χ0v) is 14.3. The number of phenolic OH excluding ortho intramolecular Hbond substituents is 1. The summed E-state index contributed by atoms with van der Waals surface area (Å²) in [6.07, 6.45) is 0. The Morgan fingerprint density at radius 1 is 1.15 bits per heavy atom. The van der Waals surface area contributed by atoms with E-state index < -0.39 is 41.0 Å². The van der Waals surface area contributed by atoms with E-state index in [-0.39, 0.29) is 27.7 Å². The minimum atomic E-state index is -1.36. The number of aromatic hydroxyl groups is 1. The van der Waals surface area contributed by atoms with Gasteiger partial charge < -0.3 is 10.2 Å². The Kier molecular flexibility index (Phi) is 4.43. The van der Waals surface area contributed by atoms with E-state index in [9.17, 15) is 33.0 Å². The number of carboxylic acids is 1. The van der Waals surface area contributed by atoms with Crippen molar-refractivity contribution < 1.29 is 33.0 Å². The number of hydrogen-bond donors (Lipinski definition) is 2. The molecule has 1 unspecified atom stereocenters. The highest BCUT2D eigenvalue weighted by Crippen LogP contribution is 2.38. The van der Waals surface area contributed by atoms with E-state index in [4.69, 9.17) is 0 Å². The van der Waals surface area contributed by atoms with Gasteiger partial charge in [0.1, 0.15) is 5.82 Å². The molecule has 140 valence electrons. The topological polar surface area (TPSA) is 79.5 Å². The average molecular weight is 377 g/mol. The van der Waals surface area contributed by atoms with Crippen molar-refractivity contribution in [1.29, 1.82) is 0 Å². The summed E-state index contributed by atoms with van der Waals surface area (Å²) >= 11 is 0. The predicted octanol–water partition coefficient (Wildman–Crippen LogP) is 3.95. The Labute approximate surface area is 151 Å². The molecule has 1 atom stereocenters. The number of fused-ring (bicyclic) bond motifs is 1. The van der Waals surface area contributed by atoms with Crippen molar-refractivity contribution in [2.45, 2.75) is 19.8 Å². The lowest BCUT2D eigenvalue weighted by molar-refractivity contribution is -0.138. The molecule has 3 aromatic rings. The van der Waals surface area contributed by atoms with E-state index >= 15 is 0 Å². The monoisotopic (exact) mass is 377 g/mol. The minimum Gasteiger partial charge on any atom is -0.503 e. The van der Waals surface area contributed by atoms with Crippen molar-refractivity contribution >= 4 is 22.8 Å². The molecule has 3 rings (SSSR count). The maximum atomic E-state index is 14.6. The van der Waals surface area contributed by atoms with Crippen LogP contribution in [0.1, 0.15) is 34.5 Å². The fourth-order valence-electron chi connectivity index (χ4n) is 3.18. The standard InChI is InChI=1S/C19H14F3NO4/c1-8(19(26)27)14-9(2)23(18(25)10-4-3-5-11(20)6-10)13-7-12(21)17(24)16(22)15(13)14/h3-8,24H,1-2H3,(H,26,27). The summed E-state index contributed by atoms with van der Waals surface area (Å²) in [5.74, 6) is -7.93. The Morgan fingerprint density at radius 2 is 1.81 bits per heavy atom. The number of carbonyl (C=O) groups is 2. The largest absolute Gasteiger partial charge is 0.503 e.